The van der Waals surface area contributed by atoms with Gasteiger partial charge in [0.1, 0.15) is 0 Å². The van der Waals surface area contributed by atoms with E-state index >= 15 is 0 Å². The van der Waals surface area contributed by atoms with E-state index in [1.165, 1.54) is 11.1 Å². The highest BCUT2D eigenvalue weighted by Crippen LogP contribution is 2.21. The topological polar surface area (TPSA) is 58.6 Å². The van der Waals surface area contributed by atoms with E-state index in [1.54, 1.807) is 0 Å². The van der Waals surface area contributed by atoms with Crippen molar-refractivity contribution in [1.82, 2.24) is 5.32 Å². The van der Waals surface area contributed by atoms with Crippen LogP contribution in [0.5, 0.6) is 0 Å². The number of carbonyl (C=O) groups is 1. The molecular formula is C15H21NO3. The molecule has 4 heteroatoms. The van der Waals surface area contributed by atoms with Gasteiger partial charge < -0.3 is 15.2 Å². The molecule has 104 valence electrons. The molecule has 0 radical (unpaired) electrons. The number of carboxylic acids is 1. The fourth-order valence-corrected chi connectivity index (χ4v) is 2.53. The third-order valence-corrected chi connectivity index (χ3v) is 3.69. The second-order valence-corrected chi connectivity index (χ2v) is 5.15. The second-order valence-electron chi connectivity index (χ2n) is 5.15. The molecule has 0 saturated carbocycles. The lowest BCUT2D eigenvalue weighted by Gasteiger charge is -2.19. The van der Waals surface area contributed by atoms with Crippen LogP contribution >= 0.6 is 0 Å². The average molecular weight is 263 g/mol. The van der Waals surface area contributed by atoms with Crippen molar-refractivity contribution < 1.29 is 14.6 Å². The summed E-state index contributed by atoms with van der Waals surface area (Å²) < 4.78 is 5.48. The molecule has 3 atom stereocenters. The molecule has 0 aliphatic carbocycles. The molecule has 1 fully saturated rings. The van der Waals surface area contributed by atoms with E-state index < -0.39 is 12.1 Å². The van der Waals surface area contributed by atoms with Crippen molar-refractivity contribution in [3.8, 4) is 0 Å². The van der Waals surface area contributed by atoms with Crippen molar-refractivity contribution in [1.29, 1.82) is 0 Å². The van der Waals surface area contributed by atoms with Crippen molar-refractivity contribution in [2.45, 2.75) is 44.9 Å². The highest BCUT2D eigenvalue weighted by atomic mass is 16.5. The monoisotopic (exact) mass is 263 g/mol. The molecule has 4 nitrogen and oxygen atoms in total. The van der Waals surface area contributed by atoms with Gasteiger partial charge in [0.05, 0.1) is 6.10 Å². The van der Waals surface area contributed by atoms with Gasteiger partial charge in [0.15, 0.2) is 6.10 Å². The molecule has 1 aliphatic rings. The summed E-state index contributed by atoms with van der Waals surface area (Å²) in [7, 11) is 0. The lowest BCUT2D eigenvalue weighted by Crippen LogP contribution is -2.30. The molecule has 0 amide bonds. The number of hydrogen-bond donors (Lipinski definition) is 2. The first-order valence-electron chi connectivity index (χ1n) is 6.75. The number of benzene rings is 1. The normalized spacial score (nSPS) is 24.3. The summed E-state index contributed by atoms with van der Waals surface area (Å²) in [5.74, 6) is -0.852. The zero-order chi connectivity index (χ0) is 13.8. The van der Waals surface area contributed by atoms with Crippen molar-refractivity contribution in [3.63, 3.8) is 0 Å². The molecule has 1 heterocycles. The van der Waals surface area contributed by atoms with Crippen LogP contribution in [0.1, 0.15) is 36.9 Å². The minimum atomic E-state index is -0.852. The Labute approximate surface area is 113 Å². The van der Waals surface area contributed by atoms with Gasteiger partial charge in [0, 0.05) is 12.6 Å². The number of nitrogens with one attached hydrogen (secondary N) is 1. The minimum absolute atomic E-state index is 0.00701. The highest BCUT2D eigenvalue weighted by Gasteiger charge is 2.30. The van der Waals surface area contributed by atoms with Crippen LogP contribution in [0.2, 0.25) is 0 Å². The van der Waals surface area contributed by atoms with Gasteiger partial charge in [-0.25, -0.2) is 4.79 Å². The van der Waals surface area contributed by atoms with E-state index in [9.17, 15) is 4.79 Å². The van der Waals surface area contributed by atoms with E-state index in [-0.39, 0.29) is 12.1 Å². The lowest BCUT2D eigenvalue weighted by molar-refractivity contribution is -0.149. The zero-order valence-corrected chi connectivity index (χ0v) is 11.4. The van der Waals surface area contributed by atoms with Crippen LogP contribution in [-0.2, 0) is 9.53 Å². The standard InChI is InChI=1S/C15H21NO3/c1-10-5-3-4-6-13(10)11(2)16-9-12-7-8-14(19-12)15(17)18/h3-6,11-12,14,16H,7-9H2,1-2H3,(H,17,18)/t11-,12?,14?/m1/s1. The van der Waals surface area contributed by atoms with Crippen molar-refractivity contribution >= 4 is 5.97 Å². The first-order chi connectivity index (χ1) is 9.08. The Balaban J connectivity index is 1.83. The van der Waals surface area contributed by atoms with Crippen LogP contribution in [0.15, 0.2) is 24.3 Å². The van der Waals surface area contributed by atoms with Crippen LogP contribution in [0.4, 0.5) is 0 Å². The molecule has 2 N–H and O–H groups in total. The van der Waals surface area contributed by atoms with Gasteiger partial charge in [-0.05, 0) is 37.8 Å². The first-order valence-corrected chi connectivity index (χ1v) is 6.75. The summed E-state index contributed by atoms with van der Waals surface area (Å²) in [6, 6.07) is 8.52. The zero-order valence-electron chi connectivity index (χ0n) is 11.4. The maximum Gasteiger partial charge on any atom is 0.332 e. The molecule has 1 aromatic carbocycles. The molecule has 2 unspecified atom stereocenters. The molecule has 1 aliphatic heterocycles. The van der Waals surface area contributed by atoms with E-state index in [0.717, 1.165) is 6.42 Å². The number of hydrogen-bond acceptors (Lipinski definition) is 3. The van der Waals surface area contributed by atoms with Crippen molar-refractivity contribution in [2.75, 3.05) is 6.54 Å². The van der Waals surface area contributed by atoms with Gasteiger partial charge in [0.2, 0.25) is 0 Å². The molecule has 0 aromatic heterocycles. The molecular weight excluding hydrogens is 242 g/mol. The maximum absolute atomic E-state index is 10.8. The first kappa shape index (κ1) is 14.0. The summed E-state index contributed by atoms with van der Waals surface area (Å²) >= 11 is 0. The molecule has 1 aromatic rings. The third-order valence-electron chi connectivity index (χ3n) is 3.69. The van der Waals surface area contributed by atoms with E-state index in [2.05, 4.69) is 31.3 Å². The predicted molar refractivity (Wildman–Crippen MR) is 73.1 cm³/mol. The third kappa shape index (κ3) is 3.55. The fourth-order valence-electron chi connectivity index (χ4n) is 2.53. The van der Waals surface area contributed by atoms with Gasteiger partial charge in [-0.1, -0.05) is 24.3 Å². The van der Waals surface area contributed by atoms with Crippen LogP contribution in [0, 0.1) is 6.92 Å². The van der Waals surface area contributed by atoms with E-state index in [4.69, 9.17) is 9.84 Å². The Hall–Kier alpha value is -1.39. The maximum atomic E-state index is 10.8. The van der Waals surface area contributed by atoms with Crippen molar-refractivity contribution in [3.05, 3.63) is 35.4 Å². The Bertz CT molecular complexity index is 447. The van der Waals surface area contributed by atoms with Gasteiger partial charge >= 0.3 is 5.97 Å². The Morgan fingerprint density at radius 1 is 1.47 bits per heavy atom. The summed E-state index contributed by atoms with van der Waals surface area (Å²) in [5, 5.41) is 12.3. The molecule has 0 spiro atoms. The summed E-state index contributed by atoms with van der Waals surface area (Å²) in [4.78, 5) is 10.8. The van der Waals surface area contributed by atoms with Crippen LogP contribution in [0.3, 0.4) is 0 Å². The van der Waals surface area contributed by atoms with Crippen molar-refractivity contribution in [2.24, 2.45) is 0 Å². The Kier molecular flexibility index (Phi) is 4.56. The largest absolute Gasteiger partial charge is 0.479 e. The SMILES string of the molecule is Cc1ccccc1[C@@H](C)NCC1CCC(C(=O)O)O1. The number of carboxylic acid groups (broad SMARTS) is 1. The highest BCUT2D eigenvalue weighted by molar-refractivity contribution is 5.72. The average Bonchev–Trinajstić information content (AvgIpc) is 2.85. The minimum Gasteiger partial charge on any atom is -0.479 e. The summed E-state index contributed by atoms with van der Waals surface area (Å²) in [5.41, 5.74) is 2.54. The second kappa shape index (κ2) is 6.17. The number of rotatable bonds is 5. The molecule has 1 saturated heterocycles. The Morgan fingerprint density at radius 2 is 2.21 bits per heavy atom. The Morgan fingerprint density at radius 3 is 2.84 bits per heavy atom. The molecule has 19 heavy (non-hydrogen) atoms. The van der Waals surface area contributed by atoms with E-state index in [1.807, 2.05) is 12.1 Å². The smallest absolute Gasteiger partial charge is 0.332 e. The van der Waals surface area contributed by atoms with Gasteiger partial charge in [0.25, 0.3) is 0 Å². The van der Waals surface area contributed by atoms with Crippen LogP contribution in [-0.4, -0.2) is 29.8 Å². The fraction of sp³-hybridized carbons (Fsp3) is 0.533. The number of aryl methyl sites for hydroxylation is 1. The summed E-state index contributed by atoms with van der Waals surface area (Å²) in [6.45, 7) is 4.91. The molecule has 2 rings (SSSR count). The lowest BCUT2D eigenvalue weighted by atomic mass is 10.0. The summed E-state index contributed by atoms with van der Waals surface area (Å²) in [6.07, 6.45) is 0.804. The number of ether oxygens (including phenoxy) is 1. The van der Waals surface area contributed by atoms with Gasteiger partial charge in [-0.2, -0.15) is 0 Å². The predicted octanol–water partition coefficient (Wildman–Crippen LogP) is 2.28. The van der Waals surface area contributed by atoms with E-state index in [0.29, 0.717) is 13.0 Å². The van der Waals surface area contributed by atoms with Gasteiger partial charge in [-0.15, -0.1) is 0 Å². The van der Waals surface area contributed by atoms with Crippen LogP contribution in [0.25, 0.3) is 0 Å². The quantitative estimate of drug-likeness (QED) is 0.855. The van der Waals surface area contributed by atoms with Crippen LogP contribution < -0.4 is 5.32 Å². The molecule has 0 bridgehead atoms. The van der Waals surface area contributed by atoms with Gasteiger partial charge in [-0.3, -0.25) is 0 Å². The number of aliphatic carboxylic acids is 1.